The van der Waals surface area contributed by atoms with Crippen LogP contribution in [0.5, 0.6) is 0 Å². The van der Waals surface area contributed by atoms with Gasteiger partial charge >= 0.3 is 0 Å². The van der Waals surface area contributed by atoms with Crippen molar-refractivity contribution < 1.29 is 8.78 Å². The van der Waals surface area contributed by atoms with Gasteiger partial charge in [-0.15, -0.1) is 10.2 Å². The summed E-state index contributed by atoms with van der Waals surface area (Å²) in [7, 11) is 2.06. The fourth-order valence-corrected chi connectivity index (χ4v) is 4.99. The van der Waals surface area contributed by atoms with Gasteiger partial charge in [0.05, 0.1) is 24.1 Å². The third-order valence-corrected chi connectivity index (χ3v) is 6.44. The van der Waals surface area contributed by atoms with E-state index >= 15 is 0 Å². The van der Waals surface area contributed by atoms with Crippen LogP contribution >= 0.6 is 11.6 Å². The number of nitrogens with zero attached hydrogens (tertiary/aromatic N) is 5. The van der Waals surface area contributed by atoms with Crippen molar-refractivity contribution in [1.29, 1.82) is 0 Å². The molecule has 1 fully saturated rings. The molecule has 0 N–H and O–H groups in total. The van der Waals surface area contributed by atoms with Gasteiger partial charge in [0.15, 0.2) is 5.82 Å². The van der Waals surface area contributed by atoms with Crippen LogP contribution in [-0.2, 0) is 13.1 Å². The van der Waals surface area contributed by atoms with Gasteiger partial charge in [0.2, 0.25) is 0 Å². The lowest BCUT2D eigenvalue weighted by molar-refractivity contribution is 0.315. The normalized spacial score (nSPS) is 21.7. The molecule has 0 radical (unpaired) electrons. The maximum atomic E-state index is 14.2. The van der Waals surface area contributed by atoms with Crippen molar-refractivity contribution in [2.45, 2.75) is 50.6 Å². The van der Waals surface area contributed by atoms with Gasteiger partial charge in [-0.2, -0.15) is 0 Å². The zero-order chi connectivity index (χ0) is 20.8. The largest absolute Gasteiger partial charge is 0.295 e. The predicted molar refractivity (Wildman–Crippen MR) is 110 cm³/mol. The van der Waals surface area contributed by atoms with E-state index in [4.69, 9.17) is 11.6 Å². The molecule has 0 atom stereocenters. The van der Waals surface area contributed by atoms with E-state index in [-0.39, 0.29) is 11.8 Å². The lowest BCUT2D eigenvalue weighted by Gasteiger charge is -2.28. The number of benzene rings is 1. The molecule has 1 aliphatic heterocycles. The Kier molecular flexibility index (Phi) is 5.03. The summed E-state index contributed by atoms with van der Waals surface area (Å²) in [5, 5.41) is 9.77. The van der Waals surface area contributed by atoms with Crippen molar-refractivity contribution in [3.05, 3.63) is 70.0 Å². The van der Waals surface area contributed by atoms with Crippen LogP contribution in [0, 0.1) is 11.6 Å². The summed E-state index contributed by atoms with van der Waals surface area (Å²) >= 11 is 6.24. The maximum Gasteiger partial charge on any atom is 0.151 e. The van der Waals surface area contributed by atoms with Crippen LogP contribution < -0.4 is 0 Å². The number of hydrogen-bond acceptors (Lipinski definition) is 4. The summed E-state index contributed by atoms with van der Waals surface area (Å²) in [4.78, 5) is 6.22. The maximum absolute atomic E-state index is 14.2. The first-order valence-corrected chi connectivity index (χ1v) is 10.6. The highest BCUT2D eigenvalue weighted by atomic mass is 35.5. The Morgan fingerprint density at radius 2 is 1.77 bits per heavy atom. The molecule has 8 heteroatoms. The predicted octanol–water partition coefficient (Wildman–Crippen LogP) is 4.98. The van der Waals surface area contributed by atoms with Crippen molar-refractivity contribution in [3.63, 3.8) is 0 Å². The second-order valence-corrected chi connectivity index (χ2v) is 8.76. The molecule has 1 aliphatic carbocycles. The third-order valence-electron chi connectivity index (χ3n) is 6.20. The SMILES string of the molecule is CN1Cc2cc(Cl)ccc2-n2c(nnc2[C@H]2CC[C@H](c3ncc(F)cc3F)CC2)C1. The molecule has 3 heterocycles. The first kappa shape index (κ1) is 19.6. The van der Waals surface area contributed by atoms with Crippen LogP contribution in [0.3, 0.4) is 0 Å². The number of fused-ring (bicyclic) bond motifs is 3. The van der Waals surface area contributed by atoms with Crippen LogP contribution in [0.4, 0.5) is 8.78 Å². The van der Waals surface area contributed by atoms with E-state index in [2.05, 4.69) is 31.7 Å². The minimum atomic E-state index is -0.639. The lowest BCUT2D eigenvalue weighted by Crippen LogP contribution is -2.18. The molecule has 1 aromatic carbocycles. The van der Waals surface area contributed by atoms with Crippen molar-refractivity contribution in [2.24, 2.45) is 0 Å². The highest BCUT2D eigenvalue weighted by molar-refractivity contribution is 6.30. The van der Waals surface area contributed by atoms with E-state index in [1.165, 1.54) is 0 Å². The third kappa shape index (κ3) is 3.50. The van der Waals surface area contributed by atoms with E-state index in [0.29, 0.717) is 12.2 Å². The van der Waals surface area contributed by atoms with Crippen molar-refractivity contribution in [3.8, 4) is 5.69 Å². The Labute approximate surface area is 178 Å². The molecule has 2 aliphatic rings. The summed E-state index contributed by atoms with van der Waals surface area (Å²) in [5.74, 6) is 0.920. The average molecular weight is 430 g/mol. The number of pyridine rings is 1. The Hall–Kier alpha value is -2.38. The van der Waals surface area contributed by atoms with Crippen LogP contribution in [0.15, 0.2) is 30.5 Å². The number of aromatic nitrogens is 4. The van der Waals surface area contributed by atoms with Gasteiger partial charge in [-0.05, 0) is 56.5 Å². The number of rotatable bonds is 2. The molecule has 0 saturated heterocycles. The number of halogens is 3. The Morgan fingerprint density at radius 1 is 1.00 bits per heavy atom. The standard InChI is InChI=1S/C22H22ClF2N5/c1-29-11-15-8-16(23)6-7-19(15)30-20(12-29)27-28-22(30)14-4-2-13(3-5-14)21-18(25)9-17(24)10-26-21/h6-10,13-14H,2-5,11-12H2,1H3/t13-,14-. The smallest absolute Gasteiger partial charge is 0.151 e. The van der Waals surface area contributed by atoms with Crippen molar-refractivity contribution in [1.82, 2.24) is 24.6 Å². The summed E-state index contributed by atoms with van der Waals surface area (Å²) in [6.07, 6.45) is 4.40. The lowest BCUT2D eigenvalue weighted by atomic mass is 9.79. The van der Waals surface area contributed by atoms with Crippen LogP contribution in [0.2, 0.25) is 5.02 Å². The van der Waals surface area contributed by atoms with Gasteiger partial charge in [-0.1, -0.05) is 11.6 Å². The van der Waals surface area contributed by atoms with Crippen LogP contribution in [0.1, 0.15) is 60.4 Å². The summed E-state index contributed by atoms with van der Waals surface area (Å²) in [5.41, 5.74) is 2.60. The van der Waals surface area contributed by atoms with Gasteiger partial charge in [0.1, 0.15) is 17.5 Å². The fourth-order valence-electron chi connectivity index (χ4n) is 4.80. The molecule has 3 aromatic rings. The summed E-state index contributed by atoms with van der Waals surface area (Å²) < 4.78 is 29.5. The zero-order valence-corrected chi connectivity index (χ0v) is 17.4. The summed E-state index contributed by atoms with van der Waals surface area (Å²) in [6, 6.07) is 6.87. The molecule has 0 amide bonds. The van der Waals surface area contributed by atoms with E-state index in [0.717, 1.165) is 72.4 Å². The van der Waals surface area contributed by atoms with Gasteiger partial charge in [0, 0.05) is 29.5 Å². The van der Waals surface area contributed by atoms with Gasteiger partial charge in [-0.25, -0.2) is 8.78 Å². The van der Waals surface area contributed by atoms with E-state index in [1.807, 2.05) is 18.2 Å². The fraction of sp³-hybridized carbons (Fsp3) is 0.409. The van der Waals surface area contributed by atoms with Crippen LogP contribution in [-0.4, -0.2) is 31.7 Å². The molecular formula is C22H22ClF2N5. The van der Waals surface area contributed by atoms with E-state index < -0.39 is 11.6 Å². The Morgan fingerprint density at radius 3 is 2.53 bits per heavy atom. The quantitative estimate of drug-likeness (QED) is 0.576. The molecule has 0 bridgehead atoms. The van der Waals surface area contributed by atoms with Crippen molar-refractivity contribution >= 4 is 11.6 Å². The van der Waals surface area contributed by atoms with Crippen LogP contribution in [0.25, 0.3) is 5.69 Å². The van der Waals surface area contributed by atoms with E-state index in [9.17, 15) is 8.78 Å². The summed E-state index contributed by atoms with van der Waals surface area (Å²) in [6.45, 7) is 1.50. The monoisotopic (exact) mass is 429 g/mol. The number of hydrogen-bond donors (Lipinski definition) is 0. The van der Waals surface area contributed by atoms with Gasteiger partial charge < -0.3 is 0 Å². The van der Waals surface area contributed by atoms with Gasteiger partial charge in [-0.3, -0.25) is 14.5 Å². The van der Waals surface area contributed by atoms with Gasteiger partial charge in [0.25, 0.3) is 0 Å². The Balaban J connectivity index is 1.43. The average Bonchev–Trinajstić information content (AvgIpc) is 3.05. The highest BCUT2D eigenvalue weighted by Gasteiger charge is 2.31. The second-order valence-electron chi connectivity index (χ2n) is 8.32. The minimum Gasteiger partial charge on any atom is -0.295 e. The highest BCUT2D eigenvalue weighted by Crippen LogP contribution is 2.41. The Bertz CT molecular complexity index is 1090. The molecule has 30 heavy (non-hydrogen) atoms. The molecule has 2 aromatic heterocycles. The minimum absolute atomic E-state index is 0.00519. The first-order chi connectivity index (χ1) is 14.5. The van der Waals surface area contributed by atoms with E-state index in [1.54, 1.807) is 0 Å². The molecular weight excluding hydrogens is 408 g/mol. The molecule has 5 nitrogen and oxygen atoms in total. The molecule has 0 unspecified atom stereocenters. The molecule has 0 spiro atoms. The second kappa shape index (κ2) is 7.71. The molecule has 5 rings (SSSR count). The zero-order valence-electron chi connectivity index (χ0n) is 16.7. The molecule has 1 saturated carbocycles. The topological polar surface area (TPSA) is 46.8 Å². The first-order valence-electron chi connectivity index (χ1n) is 10.2. The van der Waals surface area contributed by atoms with Crippen molar-refractivity contribution in [2.75, 3.05) is 7.05 Å². The molecule has 156 valence electrons.